The van der Waals surface area contributed by atoms with E-state index in [2.05, 4.69) is 30.8 Å². The van der Waals surface area contributed by atoms with Crippen LogP contribution in [0.2, 0.25) is 0 Å². The van der Waals surface area contributed by atoms with Gasteiger partial charge in [-0.2, -0.15) is 0 Å². The number of para-hydroxylation sites is 1. The molecule has 1 aliphatic carbocycles. The molecule has 2 N–H and O–H groups in total. The molecule has 0 heterocycles. The maximum atomic E-state index is 6.41. The molecule has 1 aromatic carbocycles. The van der Waals surface area contributed by atoms with Crippen LogP contribution in [0.15, 0.2) is 24.3 Å². The lowest BCUT2D eigenvalue weighted by Crippen LogP contribution is -2.28. The van der Waals surface area contributed by atoms with Gasteiger partial charge >= 0.3 is 0 Å². The van der Waals surface area contributed by atoms with Crippen LogP contribution >= 0.6 is 11.8 Å². The Kier molecular flexibility index (Phi) is 6.24. The largest absolute Gasteiger partial charge is 0.496 e. The highest BCUT2D eigenvalue weighted by Gasteiger charge is 2.26. The van der Waals surface area contributed by atoms with Gasteiger partial charge in [0, 0.05) is 22.1 Å². The Labute approximate surface area is 127 Å². The van der Waals surface area contributed by atoms with Crippen molar-refractivity contribution in [3.05, 3.63) is 29.8 Å². The third-order valence-electron chi connectivity index (χ3n) is 4.20. The molecule has 3 heteroatoms. The molecule has 20 heavy (non-hydrogen) atoms. The number of benzene rings is 1. The maximum Gasteiger partial charge on any atom is 0.123 e. The van der Waals surface area contributed by atoms with Gasteiger partial charge in [-0.1, -0.05) is 44.4 Å². The molecule has 2 atom stereocenters. The van der Waals surface area contributed by atoms with E-state index in [-0.39, 0.29) is 6.04 Å². The molecular weight excluding hydrogens is 266 g/mol. The molecule has 0 spiro atoms. The molecule has 2 nitrogen and oxygen atoms in total. The second kappa shape index (κ2) is 7.94. The summed E-state index contributed by atoms with van der Waals surface area (Å²) < 4.78 is 5.54. The molecule has 0 bridgehead atoms. The monoisotopic (exact) mass is 293 g/mol. The minimum absolute atomic E-state index is 0.193. The fraction of sp³-hybridized carbons (Fsp3) is 0.647. The Hall–Kier alpha value is -0.670. The van der Waals surface area contributed by atoms with Crippen LogP contribution in [-0.4, -0.2) is 18.4 Å². The third-order valence-corrected chi connectivity index (χ3v) is 5.95. The molecule has 1 aromatic rings. The molecule has 2 rings (SSSR count). The van der Waals surface area contributed by atoms with Crippen LogP contribution in [-0.2, 0) is 0 Å². The van der Waals surface area contributed by atoms with Crippen molar-refractivity contribution in [1.29, 1.82) is 0 Å². The lowest BCUT2D eigenvalue weighted by atomic mass is 10.0. The number of hydrogen-bond acceptors (Lipinski definition) is 3. The highest BCUT2D eigenvalue weighted by Crippen LogP contribution is 2.43. The molecule has 112 valence electrons. The first kappa shape index (κ1) is 15.7. The summed E-state index contributed by atoms with van der Waals surface area (Å²) in [6.45, 7) is 2.18. The second-order valence-corrected chi connectivity index (χ2v) is 7.08. The predicted molar refractivity (Wildman–Crippen MR) is 88.5 cm³/mol. The van der Waals surface area contributed by atoms with Crippen LogP contribution in [0.3, 0.4) is 0 Å². The van der Waals surface area contributed by atoms with Crippen molar-refractivity contribution in [2.24, 2.45) is 5.73 Å². The van der Waals surface area contributed by atoms with Gasteiger partial charge in [0.2, 0.25) is 0 Å². The van der Waals surface area contributed by atoms with Gasteiger partial charge in [-0.15, -0.1) is 11.8 Å². The molecule has 1 saturated carbocycles. The molecule has 1 aliphatic rings. The zero-order valence-corrected chi connectivity index (χ0v) is 13.5. The summed E-state index contributed by atoms with van der Waals surface area (Å²) in [5.41, 5.74) is 7.68. The quantitative estimate of drug-likeness (QED) is 0.836. The van der Waals surface area contributed by atoms with E-state index in [1.54, 1.807) is 7.11 Å². The number of rotatable bonds is 6. The van der Waals surface area contributed by atoms with Gasteiger partial charge in [0.25, 0.3) is 0 Å². The molecule has 0 aliphatic heterocycles. The fourth-order valence-electron chi connectivity index (χ4n) is 2.93. The normalized spacial score (nSPS) is 19.6. The smallest absolute Gasteiger partial charge is 0.123 e. The molecule has 0 radical (unpaired) electrons. The predicted octanol–water partition coefficient (Wildman–Crippen LogP) is 4.54. The van der Waals surface area contributed by atoms with E-state index in [9.17, 15) is 0 Å². The summed E-state index contributed by atoms with van der Waals surface area (Å²) in [7, 11) is 1.75. The number of thioether (sulfide) groups is 1. The summed E-state index contributed by atoms with van der Waals surface area (Å²) in [5, 5.41) is 1.11. The fourth-order valence-corrected chi connectivity index (χ4v) is 4.68. The van der Waals surface area contributed by atoms with E-state index in [4.69, 9.17) is 10.5 Å². The van der Waals surface area contributed by atoms with Crippen molar-refractivity contribution in [1.82, 2.24) is 0 Å². The van der Waals surface area contributed by atoms with Gasteiger partial charge in [-0.05, 0) is 25.3 Å². The third kappa shape index (κ3) is 3.92. The van der Waals surface area contributed by atoms with Crippen molar-refractivity contribution >= 4 is 11.8 Å². The van der Waals surface area contributed by atoms with Crippen LogP contribution in [0.1, 0.15) is 56.3 Å². The zero-order valence-electron chi connectivity index (χ0n) is 12.7. The van der Waals surface area contributed by atoms with E-state index in [1.165, 1.54) is 37.7 Å². The summed E-state index contributed by atoms with van der Waals surface area (Å²) in [6, 6.07) is 8.54. The van der Waals surface area contributed by atoms with Crippen molar-refractivity contribution in [2.75, 3.05) is 7.11 Å². The van der Waals surface area contributed by atoms with Gasteiger partial charge < -0.3 is 10.5 Å². The van der Waals surface area contributed by atoms with E-state index < -0.39 is 0 Å². The Balaban J connectivity index is 2.17. The molecular formula is C17H27NOS. The molecule has 0 amide bonds. The topological polar surface area (TPSA) is 35.2 Å². The molecule has 0 aromatic heterocycles. The van der Waals surface area contributed by atoms with Crippen LogP contribution in [0.25, 0.3) is 0 Å². The highest BCUT2D eigenvalue weighted by molar-refractivity contribution is 8.00. The number of nitrogens with two attached hydrogens (primary N) is 1. The van der Waals surface area contributed by atoms with Crippen LogP contribution in [0.4, 0.5) is 0 Å². The Morgan fingerprint density at radius 1 is 1.25 bits per heavy atom. The van der Waals surface area contributed by atoms with Crippen LogP contribution in [0, 0.1) is 0 Å². The van der Waals surface area contributed by atoms with Gasteiger partial charge in [0.15, 0.2) is 0 Å². The first-order chi connectivity index (χ1) is 9.76. The Morgan fingerprint density at radius 2 is 1.95 bits per heavy atom. The number of methoxy groups -OCH3 is 1. The average molecular weight is 293 g/mol. The van der Waals surface area contributed by atoms with Gasteiger partial charge in [-0.3, -0.25) is 0 Å². The molecule has 2 unspecified atom stereocenters. The molecule has 1 fully saturated rings. The van der Waals surface area contributed by atoms with Gasteiger partial charge in [-0.25, -0.2) is 0 Å². The minimum Gasteiger partial charge on any atom is -0.496 e. The van der Waals surface area contributed by atoms with Crippen molar-refractivity contribution in [2.45, 2.75) is 62.0 Å². The first-order valence-corrected chi connectivity index (χ1v) is 8.74. The zero-order chi connectivity index (χ0) is 14.4. The van der Waals surface area contributed by atoms with Crippen molar-refractivity contribution in [3.63, 3.8) is 0 Å². The highest BCUT2D eigenvalue weighted by atomic mass is 32.2. The van der Waals surface area contributed by atoms with Gasteiger partial charge in [0.05, 0.1) is 7.11 Å². The summed E-state index contributed by atoms with van der Waals surface area (Å²) in [4.78, 5) is 0. The van der Waals surface area contributed by atoms with Crippen LogP contribution in [0.5, 0.6) is 5.75 Å². The van der Waals surface area contributed by atoms with Gasteiger partial charge in [0.1, 0.15) is 5.75 Å². The number of hydrogen-bond donors (Lipinski definition) is 1. The maximum absolute atomic E-state index is 6.41. The minimum atomic E-state index is 0.193. The van der Waals surface area contributed by atoms with Crippen LogP contribution < -0.4 is 10.5 Å². The first-order valence-electron chi connectivity index (χ1n) is 7.80. The lowest BCUT2D eigenvalue weighted by molar-refractivity contribution is 0.406. The second-order valence-electron chi connectivity index (χ2n) is 5.63. The Morgan fingerprint density at radius 3 is 2.60 bits per heavy atom. The standard InChI is InChI=1S/C17H27NOS/c1-3-15(18)17(20-13-9-5-4-6-10-13)14-11-7-8-12-16(14)19-2/h7-8,11-13,15,17H,3-6,9-10,18H2,1-2H3. The Bertz CT molecular complexity index is 404. The van der Waals surface area contributed by atoms with Crippen molar-refractivity contribution in [3.8, 4) is 5.75 Å². The van der Waals surface area contributed by atoms with E-state index >= 15 is 0 Å². The van der Waals surface area contributed by atoms with E-state index in [1.807, 2.05) is 12.1 Å². The van der Waals surface area contributed by atoms with E-state index in [0.717, 1.165) is 17.4 Å². The summed E-state index contributed by atoms with van der Waals surface area (Å²) >= 11 is 2.08. The molecule has 0 saturated heterocycles. The number of ether oxygens (including phenoxy) is 1. The SMILES string of the molecule is CCC(N)C(SC1CCCCC1)c1ccccc1OC. The van der Waals surface area contributed by atoms with E-state index in [0.29, 0.717) is 5.25 Å². The summed E-state index contributed by atoms with van der Waals surface area (Å²) in [6.07, 6.45) is 7.83. The van der Waals surface area contributed by atoms with Crippen molar-refractivity contribution < 1.29 is 4.74 Å². The summed E-state index contributed by atoms with van der Waals surface area (Å²) in [5.74, 6) is 0.977. The lowest BCUT2D eigenvalue weighted by Gasteiger charge is -2.30. The average Bonchev–Trinajstić information content (AvgIpc) is 2.53.